The van der Waals surface area contributed by atoms with Crippen LogP contribution in [0, 0.1) is 16.6 Å². The number of aromatic nitrogens is 3. The maximum Gasteiger partial charge on any atom is 0.257 e. The molecule has 54 heavy (non-hydrogen) atoms. The van der Waals surface area contributed by atoms with Gasteiger partial charge in [-0.2, -0.15) is 0 Å². The lowest BCUT2D eigenvalue weighted by Gasteiger charge is -2.59. The quantitative estimate of drug-likeness (QED) is 0.247. The molecule has 1 aliphatic carbocycles. The summed E-state index contributed by atoms with van der Waals surface area (Å²) < 4.78 is 27.3. The SMILES string of the molecule is CCN(C(=O)c1cc(F)ccc1Oc1cncnc1N1CC2(CC(Oc3ccnc4c3CN(CCCN3CC(NC(=O)C(C)(C)C)C3)CC4)C2)C1)C(C)C. The van der Waals surface area contributed by atoms with Crippen LogP contribution in [0.3, 0.4) is 0 Å². The number of pyridine rings is 1. The van der Waals surface area contributed by atoms with Gasteiger partial charge in [-0.1, -0.05) is 20.8 Å². The maximum absolute atomic E-state index is 14.3. The number of carbonyl (C=O) groups excluding carboxylic acids is 2. The van der Waals surface area contributed by atoms with Crippen molar-refractivity contribution in [3.8, 4) is 17.2 Å². The highest BCUT2D eigenvalue weighted by Crippen LogP contribution is 2.52. The van der Waals surface area contributed by atoms with Crippen molar-refractivity contribution in [2.75, 3.05) is 57.3 Å². The third-order valence-corrected chi connectivity index (χ3v) is 11.3. The number of nitrogens with one attached hydrogen (secondary N) is 1. The van der Waals surface area contributed by atoms with Crippen LogP contribution in [-0.4, -0.2) is 112 Å². The highest BCUT2D eigenvalue weighted by atomic mass is 19.1. The first kappa shape index (κ1) is 37.9. The number of hydrogen-bond donors (Lipinski definition) is 1. The number of rotatable bonds is 13. The summed E-state index contributed by atoms with van der Waals surface area (Å²) in [5, 5.41) is 3.17. The number of likely N-dealkylation sites (tertiary alicyclic amines) is 1. The molecule has 4 aliphatic rings. The predicted octanol–water partition coefficient (Wildman–Crippen LogP) is 5.32. The molecule has 13 heteroatoms. The van der Waals surface area contributed by atoms with Gasteiger partial charge in [-0.3, -0.25) is 24.4 Å². The predicted molar refractivity (Wildman–Crippen MR) is 204 cm³/mol. The molecule has 3 fully saturated rings. The Morgan fingerprint density at radius 1 is 1.06 bits per heavy atom. The van der Waals surface area contributed by atoms with Crippen molar-refractivity contribution in [3.63, 3.8) is 0 Å². The summed E-state index contributed by atoms with van der Waals surface area (Å²) >= 11 is 0. The molecule has 1 N–H and O–H groups in total. The number of nitrogens with zero attached hydrogens (tertiary/aromatic N) is 7. The molecule has 2 amide bonds. The average Bonchev–Trinajstić information content (AvgIpc) is 3.08. The first-order chi connectivity index (χ1) is 25.8. The minimum absolute atomic E-state index is 0.0444. The second-order valence-electron chi connectivity index (χ2n) is 16.9. The van der Waals surface area contributed by atoms with Gasteiger partial charge in [0.05, 0.1) is 17.8 Å². The van der Waals surface area contributed by atoms with E-state index in [4.69, 9.17) is 14.5 Å². The van der Waals surface area contributed by atoms with E-state index in [-0.39, 0.29) is 52.1 Å². The molecule has 0 atom stereocenters. The number of benzene rings is 1. The van der Waals surface area contributed by atoms with E-state index in [1.54, 1.807) is 11.1 Å². The second kappa shape index (κ2) is 15.4. The lowest BCUT2D eigenvalue weighted by molar-refractivity contribution is -0.130. The molecule has 7 rings (SSSR count). The topological polar surface area (TPSA) is 116 Å². The Labute approximate surface area is 318 Å². The van der Waals surface area contributed by atoms with Crippen LogP contribution in [0.1, 0.15) is 82.4 Å². The first-order valence-corrected chi connectivity index (χ1v) is 19.5. The lowest BCUT2D eigenvalue weighted by atomic mass is 9.61. The number of carbonyl (C=O) groups is 2. The number of hydrogen-bond acceptors (Lipinski definition) is 10. The molecule has 1 spiro atoms. The van der Waals surface area contributed by atoms with E-state index in [2.05, 4.69) is 30.0 Å². The van der Waals surface area contributed by atoms with Crippen molar-refractivity contribution in [1.29, 1.82) is 0 Å². The van der Waals surface area contributed by atoms with Gasteiger partial charge in [0.2, 0.25) is 5.91 Å². The Hall–Kier alpha value is -4.36. The van der Waals surface area contributed by atoms with Crippen LogP contribution in [0.5, 0.6) is 17.2 Å². The van der Waals surface area contributed by atoms with Gasteiger partial charge in [-0.25, -0.2) is 14.4 Å². The zero-order valence-electron chi connectivity index (χ0n) is 32.6. The Morgan fingerprint density at radius 2 is 1.81 bits per heavy atom. The summed E-state index contributed by atoms with van der Waals surface area (Å²) in [5.41, 5.74) is 2.32. The van der Waals surface area contributed by atoms with Crippen LogP contribution in [0.4, 0.5) is 10.2 Å². The smallest absolute Gasteiger partial charge is 0.257 e. The van der Waals surface area contributed by atoms with Gasteiger partial charge in [0.15, 0.2) is 11.6 Å². The minimum Gasteiger partial charge on any atom is -0.490 e. The summed E-state index contributed by atoms with van der Waals surface area (Å²) in [7, 11) is 0. The van der Waals surface area contributed by atoms with E-state index in [1.165, 1.54) is 30.1 Å². The number of fused-ring (bicyclic) bond motifs is 1. The van der Waals surface area contributed by atoms with E-state index in [0.29, 0.717) is 18.1 Å². The Kier molecular flexibility index (Phi) is 10.8. The van der Waals surface area contributed by atoms with Crippen LogP contribution in [-0.2, 0) is 17.8 Å². The van der Waals surface area contributed by atoms with Crippen molar-refractivity contribution in [2.45, 2.75) is 92.0 Å². The number of halogens is 1. The van der Waals surface area contributed by atoms with Crippen molar-refractivity contribution < 1.29 is 23.5 Å². The summed E-state index contributed by atoms with van der Waals surface area (Å²) in [6.45, 7) is 19.5. The van der Waals surface area contributed by atoms with Gasteiger partial charge in [0, 0.05) is 86.6 Å². The average molecular weight is 743 g/mol. The van der Waals surface area contributed by atoms with Gasteiger partial charge in [-0.05, 0) is 77.4 Å². The number of anilines is 1. The maximum atomic E-state index is 14.3. The molecule has 0 bridgehead atoms. The van der Waals surface area contributed by atoms with Gasteiger partial charge < -0.3 is 24.6 Å². The number of ether oxygens (including phenoxy) is 2. The second-order valence-corrected chi connectivity index (χ2v) is 16.9. The molecular weight excluding hydrogens is 688 g/mol. The third-order valence-electron chi connectivity index (χ3n) is 11.3. The Morgan fingerprint density at radius 3 is 2.54 bits per heavy atom. The molecule has 1 aromatic carbocycles. The molecule has 290 valence electrons. The van der Waals surface area contributed by atoms with Crippen LogP contribution >= 0.6 is 0 Å². The van der Waals surface area contributed by atoms with Crippen LogP contribution in [0.15, 0.2) is 43.0 Å². The van der Waals surface area contributed by atoms with E-state index < -0.39 is 5.82 Å². The van der Waals surface area contributed by atoms with Crippen molar-refractivity contribution >= 4 is 17.6 Å². The molecule has 0 radical (unpaired) electrons. The zero-order valence-corrected chi connectivity index (χ0v) is 32.6. The Bertz CT molecular complexity index is 1830. The summed E-state index contributed by atoms with van der Waals surface area (Å²) in [6.07, 6.45) is 9.04. The highest BCUT2D eigenvalue weighted by Gasteiger charge is 2.54. The van der Waals surface area contributed by atoms with E-state index >= 15 is 0 Å². The van der Waals surface area contributed by atoms with Gasteiger partial charge >= 0.3 is 0 Å². The molecule has 5 heterocycles. The van der Waals surface area contributed by atoms with Crippen LogP contribution in [0.2, 0.25) is 0 Å². The van der Waals surface area contributed by atoms with Crippen molar-refractivity contribution in [2.24, 2.45) is 10.8 Å². The molecule has 2 saturated heterocycles. The molecule has 0 unspecified atom stereocenters. The number of amides is 2. The van der Waals surface area contributed by atoms with E-state index in [0.717, 1.165) is 89.5 Å². The standard InChI is InChI=1S/C41H55FN8O4/c1-7-50(27(2)3)38(51)31-17-28(42)9-10-34(31)54-36-20-43-26-45-37(36)49-24-41(25-49)18-30(19-41)53-35-11-13-44-33-12-16-47(23-32(33)35)14-8-15-48-21-29(22-48)46-39(52)40(4,5)6/h9-11,13,17,20,26-27,29-30H,7-8,12,14-16,18-19,21-25H2,1-6H3,(H,46,52). The fraction of sp³-hybridized carbons (Fsp3) is 0.585. The van der Waals surface area contributed by atoms with Crippen molar-refractivity contribution in [1.82, 2.24) is 35.0 Å². The molecule has 3 aromatic rings. The molecule has 12 nitrogen and oxygen atoms in total. The fourth-order valence-electron chi connectivity index (χ4n) is 8.27. The Balaban J connectivity index is 0.898. The molecule has 3 aliphatic heterocycles. The first-order valence-electron chi connectivity index (χ1n) is 19.5. The molecular formula is C41H55FN8O4. The summed E-state index contributed by atoms with van der Waals surface area (Å²) in [6, 6.07) is 6.27. The third kappa shape index (κ3) is 8.17. The summed E-state index contributed by atoms with van der Waals surface area (Å²) in [4.78, 5) is 47.9. The van der Waals surface area contributed by atoms with Crippen LogP contribution in [0.25, 0.3) is 0 Å². The van der Waals surface area contributed by atoms with E-state index in [9.17, 15) is 14.0 Å². The lowest BCUT2D eigenvalue weighted by Crippen LogP contribution is -2.65. The minimum atomic E-state index is -0.497. The van der Waals surface area contributed by atoms with Crippen LogP contribution < -0.4 is 19.7 Å². The molecule has 2 aromatic heterocycles. The normalized spacial score (nSPS) is 18.8. The van der Waals surface area contributed by atoms with Crippen molar-refractivity contribution in [3.05, 3.63) is 65.6 Å². The van der Waals surface area contributed by atoms with Gasteiger partial charge in [-0.15, -0.1) is 0 Å². The van der Waals surface area contributed by atoms with Gasteiger partial charge in [0.1, 0.15) is 29.7 Å². The monoisotopic (exact) mass is 742 g/mol. The zero-order chi connectivity index (χ0) is 38.2. The fourth-order valence-corrected chi connectivity index (χ4v) is 8.27. The highest BCUT2D eigenvalue weighted by molar-refractivity contribution is 5.97. The van der Waals surface area contributed by atoms with Gasteiger partial charge in [0.25, 0.3) is 5.91 Å². The van der Waals surface area contributed by atoms with E-state index in [1.807, 2.05) is 53.8 Å². The largest absolute Gasteiger partial charge is 0.490 e. The molecule has 1 saturated carbocycles. The summed E-state index contributed by atoms with van der Waals surface area (Å²) in [5.74, 6) is 1.66.